The molecule has 0 saturated carbocycles. The van der Waals surface area contributed by atoms with Crippen molar-refractivity contribution in [2.45, 2.75) is 31.9 Å². The third-order valence-corrected chi connectivity index (χ3v) is 6.45. The van der Waals surface area contributed by atoms with E-state index in [9.17, 15) is 35.9 Å². The van der Waals surface area contributed by atoms with E-state index in [1.54, 1.807) is 44.8 Å². The lowest BCUT2D eigenvalue weighted by Gasteiger charge is -2.34. The molecule has 0 unspecified atom stereocenters. The average molecular weight is 558 g/mol. The highest BCUT2D eigenvalue weighted by Gasteiger charge is 2.39. The summed E-state index contributed by atoms with van der Waals surface area (Å²) in [4.78, 5) is 36.9. The number of carbonyl (C=O) groups excluding carboxylic acids is 1. The topological polar surface area (TPSA) is 103 Å². The summed E-state index contributed by atoms with van der Waals surface area (Å²) >= 11 is 0. The Bertz CT molecular complexity index is 1360. The van der Waals surface area contributed by atoms with Crippen molar-refractivity contribution < 1.29 is 31.1 Å². The minimum absolute atomic E-state index is 0.142. The molecular weight excluding hydrogens is 534 g/mol. The molecule has 0 bridgehead atoms. The van der Waals surface area contributed by atoms with Crippen LogP contribution in [0.3, 0.4) is 0 Å². The van der Waals surface area contributed by atoms with E-state index in [0.717, 1.165) is 18.6 Å². The molecule has 16 heteroatoms. The smallest absolute Gasteiger partial charge is 0.368 e. The number of hydrogen-bond acceptors (Lipinski definition) is 7. The summed E-state index contributed by atoms with van der Waals surface area (Å²) in [5.74, 6) is -0.121. The van der Waals surface area contributed by atoms with E-state index < -0.39 is 35.1 Å². The highest BCUT2D eigenvalue weighted by Crippen LogP contribution is 2.33. The van der Waals surface area contributed by atoms with Gasteiger partial charge in [0.05, 0.1) is 23.0 Å². The molecule has 1 aliphatic rings. The second kappa shape index (κ2) is 10.6. The Morgan fingerprint density at radius 3 is 2.28 bits per heavy atom. The van der Waals surface area contributed by atoms with Crippen LogP contribution in [0.2, 0.25) is 0 Å². The van der Waals surface area contributed by atoms with Crippen molar-refractivity contribution in [3.8, 4) is 0 Å². The number of rotatable bonds is 6. The second-order valence-electron chi connectivity index (χ2n) is 9.06. The van der Waals surface area contributed by atoms with Crippen LogP contribution in [0.1, 0.15) is 28.4 Å². The fourth-order valence-corrected chi connectivity index (χ4v) is 4.20. The normalized spacial score (nSPS) is 15.4. The van der Waals surface area contributed by atoms with Gasteiger partial charge in [0.1, 0.15) is 5.56 Å². The quantitative estimate of drug-likeness (QED) is 0.464. The molecule has 1 fully saturated rings. The lowest BCUT2D eigenvalue weighted by atomic mass is 10.2. The molecule has 1 saturated heterocycles. The maximum Gasteiger partial charge on any atom is 0.423 e. The molecule has 10 nitrogen and oxygen atoms in total. The van der Waals surface area contributed by atoms with Gasteiger partial charge in [-0.05, 0) is 13.0 Å². The SMILES string of the molecule is C[C@@H](Cn1ccc(C(=O)N2CCN(c3ncc(C(F)(F)F)cn3)CC2)c1)N(C)c1cn[nH]c(=O)c1C(F)(F)F. The number of nitrogens with zero attached hydrogens (tertiary/aromatic N) is 7. The molecule has 210 valence electrons. The number of aromatic nitrogens is 5. The first-order valence-electron chi connectivity index (χ1n) is 11.7. The van der Waals surface area contributed by atoms with Crippen LogP contribution >= 0.6 is 0 Å². The van der Waals surface area contributed by atoms with E-state index in [1.165, 1.54) is 11.9 Å². The lowest BCUT2D eigenvalue weighted by Crippen LogP contribution is -2.49. The molecule has 4 heterocycles. The summed E-state index contributed by atoms with van der Waals surface area (Å²) in [6, 6.07) is 1.09. The number of amides is 1. The predicted octanol–water partition coefficient (Wildman–Crippen LogP) is 2.89. The molecule has 3 aromatic rings. The first-order chi connectivity index (χ1) is 18.3. The van der Waals surface area contributed by atoms with Crippen LogP contribution in [0.25, 0.3) is 0 Å². The van der Waals surface area contributed by atoms with E-state index in [1.807, 2.05) is 0 Å². The number of alkyl halides is 6. The fourth-order valence-electron chi connectivity index (χ4n) is 4.20. The van der Waals surface area contributed by atoms with E-state index >= 15 is 0 Å². The Labute approximate surface area is 217 Å². The number of anilines is 2. The van der Waals surface area contributed by atoms with Crippen LogP contribution in [0.5, 0.6) is 0 Å². The zero-order valence-electron chi connectivity index (χ0n) is 20.8. The van der Waals surface area contributed by atoms with Crippen LogP contribution < -0.4 is 15.4 Å². The van der Waals surface area contributed by atoms with Crippen LogP contribution in [-0.2, 0) is 18.9 Å². The molecule has 1 amide bonds. The minimum atomic E-state index is -4.87. The minimum Gasteiger partial charge on any atom is -0.368 e. The first kappa shape index (κ1) is 27.9. The van der Waals surface area contributed by atoms with Gasteiger partial charge in [0.25, 0.3) is 11.5 Å². The molecule has 0 aromatic carbocycles. The highest BCUT2D eigenvalue weighted by molar-refractivity contribution is 5.94. The zero-order chi connectivity index (χ0) is 28.5. The molecule has 4 rings (SSSR count). The second-order valence-corrected chi connectivity index (χ2v) is 9.06. The third-order valence-electron chi connectivity index (χ3n) is 6.45. The Hall–Kier alpha value is -4.11. The van der Waals surface area contributed by atoms with Gasteiger partial charge in [0, 0.05) is 70.6 Å². The van der Waals surface area contributed by atoms with Crippen LogP contribution in [0.15, 0.2) is 41.8 Å². The van der Waals surface area contributed by atoms with E-state index in [4.69, 9.17) is 0 Å². The number of likely N-dealkylation sites (N-methyl/N-ethyl adjacent to an activating group) is 1. The molecule has 1 N–H and O–H groups in total. The molecule has 0 aliphatic carbocycles. The van der Waals surface area contributed by atoms with Gasteiger partial charge in [0.15, 0.2) is 0 Å². The van der Waals surface area contributed by atoms with Gasteiger partial charge in [-0.25, -0.2) is 15.1 Å². The summed E-state index contributed by atoms with van der Waals surface area (Å²) in [6.07, 6.45) is -3.80. The van der Waals surface area contributed by atoms with Gasteiger partial charge in [-0.2, -0.15) is 31.4 Å². The summed E-state index contributed by atoms with van der Waals surface area (Å²) in [5.41, 5.74) is -3.61. The number of carbonyl (C=O) groups is 1. The Morgan fingerprint density at radius 1 is 1.05 bits per heavy atom. The number of H-pyrrole nitrogens is 1. The molecule has 1 atom stereocenters. The van der Waals surface area contributed by atoms with Crippen LogP contribution in [0, 0.1) is 0 Å². The maximum absolute atomic E-state index is 13.4. The van der Waals surface area contributed by atoms with Crippen molar-refractivity contribution in [2.24, 2.45) is 0 Å². The maximum atomic E-state index is 13.4. The Morgan fingerprint density at radius 2 is 1.69 bits per heavy atom. The van der Waals surface area contributed by atoms with E-state index in [-0.39, 0.29) is 24.1 Å². The summed E-state index contributed by atoms with van der Waals surface area (Å²) in [5, 5.41) is 5.30. The van der Waals surface area contributed by atoms with Crippen molar-refractivity contribution in [1.82, 2.24) is 29.6 Å². The van der Waals surface area contributed by atoms with Gasteiger partial charge in [0.2, 0.25) is 5.95 Å². The highest BCUT2D eigenvalue weighted by atomic mass is 19.4. The molecular formula is C23H24F6N8O2. The molecule has 0 spiro atoms. The summed E-state index contributed by atoms with van der Waals surface area (Å²) in [6.45, 7) is 3.13. The zero-order valence-corrected chi connectivity index (χ0v) is 20.8. The van der Waals surface area contributed by atoms with Gasteiger partial charge in [-0.3, -0.25) is 9.59 Å². The van der Waals surface area contributed by atoms with Crippen molar-refractivity contribution >= 4 is 17.5 Å². The molecule has 3 aromatic heterocycles. The van der Waals surface area contributed by atoms with E-state index in [0.29, 0.717) is 31.7 Å². The van der Waals surface area contributed by atoms with Gasteiger partial charge >= 0.3 is 12.4 Å². The Kier molecular flexibility index (Phi) is 7.57. The third kappa shape index (κ3) is 6.15. The molecule has 1 aliphatic heterocycles. The van der Waals surface area contributed by atoms with Gasteiger partial charge in [-0.15, -0.1) is 0 Å². The van der Waals surface area contributed by atoms with Crippen molar-refractivity contribution in [2.75, 3.05) is 43.0 Å². The van der Waals surface area contributed by atoms with E-state index in [2.05, 4.69) is 15.1 Å². The standard InChI is InChI=1S/C23H24F6N8O2/c1-14(34(2)17-11-32-33-19(38)18(17)23(27,28)29)12-35-4-3-15(13-35)20(39)36-5-7-37(8-6-36)21-30-9-16(10-31-21)22(24,25)26/h3-4,9-11,13-14H,5-8,12H2,1-2H3,(H,33,38)/t14-/m0/s1. The molecule has 0 radical (unpaired) electrons. The van der Waals surface area contributed by atoms with Crippen molar-refractivity contribution in [3.05, 3.63) is 64.1 Å². The van der Waals surface area contributed by atoms with Crippen LogP contribution in [0.4, 0.5) is 38.0 Å². The fraction of sp³-hybridized carbons (Fsp3) is 0.435. The van der Waals surface area contributed by atoms with Gasteiger partial charge in [-0.1, -0.05) is 0 Å². The summed E-state index contributed by atoms with van der Waals surface area (Å²) in [7, 11) is 1.42. The number of hydrogen-bond donors (Lipinski definition) is 1. The first-order valence-corrected chi connectivity index (χ1v) is 11.7. The summed E-state index contributed by atoms with van der Waals surface area (Å²) < 4.78 is 80.2. The molecule has 39 heavy (non-hydrogen) atoms. The number of nitrogens with one attached hydrogen (secondary N) is 1. The van der Waals surface area contributed by atoms with Crippen molar-refractivity contribution in [1.29, 1.82) is 0 Å². The largest absolute Gasteiger partial charge is 0.423 e. The van der Waals surface area contributed by atoms with Crippen LogP contribution in [-0.4, -0.2) is 74.8 Å². The Balaban J connectivity index is 1.36. The van der Waals surface area contributed by atoms with Crippen molar-refractivity contribution in [3.63, 3.8) is 0 Å². The van der Waals surface area contributed by atoms with Gasteiger partial charge < -0.3 is 19.3 Å². The lowest BCUT2D eigenvalue weighted by molar-refractivity contribution is -0.139. The predicted molar refractivity (Wildman–Crippen MR) is 127 cm³/mol. The monoisotopic (exact) mass is 558 g/mol. The number of piperazine rings is 1. The number of aromatic amines is 1. The number of halogens is 6. The average Bonchev–Trinajstić information content (AvgIpc) is 3.35.